The number of fused-ring (bicyclic) bond motifs is 1. The van der Waals surface area contributed by atoms with Gasteiger partial charge in [0.05, 0.1) is 9.80 Å². The first-order chi connectivity index (χ1) is 10.1. The van der Waals surface area contributed by atoms with Crippen molar-refractivity contribution in [2.75, 3.05) is 13.1 Å². The number of nitrogens with zero attached hydrogens (tertiary/aromatic N) is 2. The molecule has 1 saturated heterocycles. The van der Waals surface area contributed by atoms with Gasteiger partial charge >= 0.3 is 0 Å². The second kappa shape index (κ2) is 5.81. The molecule has 1 aromatic carbocycles. The van der Waals surface area contributed by atoms with Crippen molar-refractivity contribution in [1.29, 1.82) is 0 Å². The molecule has 5 nitrogen and oxygen atoms in total. The first-order valence-electron chi connectivity index (χ1n) is 7.12. The van der Waals surface area contributed by atoms with Gasteiger partial charge in [-0.25, -0.2) is 0 Å². The van der Waals surface area contributed by atoms with Crippen molar-refractivity contribution >= 4 is 33.0 Å². The fourth-order valence-corrected chi connectivity index (χ4v) is 3.69. The van der Waals surface area contributed by atoms with Crippen LogP contribution >= 0.6 is 11.3 Å². The SMILES string of the molecule is O=C(c1cc2cc([N+](=O)[O-])ccc2s1)N1CCCCCC1. The minimum Gasteiger partial charge on any atom is -0.338 e. The van der Waals surface area contributed by atoms with E-state index in [-0.39, 0.29) is 11.6 Å². The lowest BCUT2D eigenvalue weighted by atomic mass is 10.2. The topological polar surface area (TPSA) is 63.4 Å². The third kappa shape index (κ3) is 2.90. The second-order valence-corrected chi connectivity index (χ2v) is 6.38. The third-order valence-electron chi connectivity index (χ3n) is 3.81. The van der Waals surface area contributed by atoms with Crippen LogP contribution in [0.25, 0.3) is 10.1 Å². The van der Waals surface area contributed by atoms with Crippen LogP contribution in [0.5, 0.6) is 0 Å². The van der Waals surface area contributed by atoms with E-state index < -0.39 is 4.92 Å². The maximum atomic E-state index is 12.5. The number of non-ortho nitro benzene ring substituents is 1. The van der Waals surface area contributed by atoms with Crippen molar-refractivity contribution in [3.63, 3.8) is 0 Å². The summed E-state index contributed by atoms with van der Waals surface area (Å²) < 4.78 is 0.916. The Labute approximate surface area is 126 Å². The average Bonchev–Trinajstić information content (AvgIpc) is 2.71. The molecule has 1 fully saturated rings. The maximum absolute atomic E-state index is 12.5. The number of rotatable bonds is 2. The van der Waals surface area contributed by atoms with Crippen LogP contribution in [0, 0.1) is 10.1 Å². The summed E-state index contributed by atoms with van der Waals surface area (Å²) in [5, 5.41) is 11.6. The zero-order valence-corrected chi connectivity index (χ0v) is 12.4. The number of thiophene rings is 1. The van der Waals surface area contributed by atoms with E-state index >= 15 is 0 Å². The summed E-state index contributed by atoms with van der Waals surface area (Å²) in [6, 6.07) is 6.52. The molecule has 110 valence electrons. The van der Waals surface area contributed by atoms with Gasteiger partial charge < -0.3 is 4.90 Å². The Balaban J connectivity index is 1.89. The molecule has 3 rings (SSSR count). The quantitative estimate of drug-likeness (QED) is 0.625. The molecule has 0 spiro atoms. The minimum absolute atomic E-state index is 0.0563. The van der Waals surface area contributed by atoms with Gasteiger partial charge in [-0.05, 0) is 25.0 Å². The lowest BCUT2D eigenvalue weighted by Crippen LogP contribution is -2.31. The van der Waals surface area contributed by atoms with Crippen molar-refractivity contribution < 1.29 is 9.72 Å². The molecular formula is C15H16N2O3S. The minimum atomic E-state index is -0.409. The maximum Gasteiger partial charge on any atom is 0.270 e. The summed E-state index contributed by atoms with van der Waals surface area (Å²) in [7, 11) is 0. The number of likely N-dealkylation sites (tertiary alicyclic amines) is 1. The smallest absolute Gasteiger partial charge is 0.270 e. The summed E-state index contributed by atoms with van der Waals surface area (Å²) >= 11 is 1.41. The molecule has 0 saturated carbocycles. The highest BCUT2D eigenvalue weighted by Gasteiger charge is 2.20. The third-order valence-corrected chi connectivity index (χ3v) is 4.92. The van der Waals surface area contributed by atoms with Gasteiger partial charge in [-0.2, -0.15) is 0 Å². The van der Waals surface area contributed by atoms with E-state index in [1.165, 1.54) is 36.3 Å². The van der Waals surface area contributed by atoms with Crippen LogP contribution < -0.4 is 0 Å². The standard InChI is InChI=1S/C15H16N2O3S/c18-15(16-7-3-1-2-4-8-16)14-10-11-9-12(17(19)20)5-6-13(11)21-14/h5-6,9-10H,1-4,7-8H2. The van der Waals surface area contributed by atoms with E-state index in [4.69, 9.17) is 0 Å². The number of nitro groups is 1. The molecule has 0 N–H and O–H groups in total. The molecule has 1 aliphatic rings. The lowest BCUT2D eigenvalue weighted by molar-refractivity contribution is -0.384. The van der Waals surface area contributed by atoms with Crippen molar-refractivity contribution in [2.45, 2.75) is 25.7 Å². The summed E-state index contributed by atoms with van der Waals surface area (Å²) in [4.78, 5) is 25.5. The summed E-state index contributed by atoms with van der Waals surface area (Å²) in [6.07, 6.45) is 4.48. The monoisotopic (exact) mass is 304 g/mol. The van der Waals surface area contributed by atoms with Crippen molar-refractivity contribution in [1.82, 2.24) is 4.90 Å². The van der Waals surface area contributed by atoms with Gasteiger partial charge in [-0.15, -0.1) is 11.3 Å². The molecule has 6 heteroatoms. The van der Waals surface area contributed by atoms with Gasteiger partial charge in [0.2, 0.25) is 0 Å². The number of carbonyl (C=O) groups is 1. The first kappa shape index (κ1) is 14.0. The predicted octanol–water partition coefficient (Wildman–Crippen LogP) is 3.83. The highest BCUT2D eigenvalue weighted by Crippen LogP contribution is 2.30. The number of hydrogen-bond acceptors (Lipinski definition) is 4. The molecule has 2 heterocycles. The molecule has 1 aromatic heterocycles. The first-order valence-corrected chi connectivity index (χ1v) is 7.94. The largest absolute Gasteiger partial charge is 0.338 e. The Morgan fingerprint density at radius 2 is 1.86 bits per heavy atom. The molecular weight excluding hydrogens is 288 g/mol. The van der Waals surface area contributed by atoms with E-state index in [1.807, 2.05) is 4.90 Å². The van der Waals surface area contributed by atoms with E-state index in [1.54, 1.807) is 12.1 Å². The molecule has 0 unspecified atom stereocenters. The van der Waals surface area contributed by atoms with E-state index in [0.717, 1.165) is 36.0 Å². The lowest BCUT2D eigenvalue weighted by Gasteiger charge is -2.19. The average molecular weight is 304 g/mol. The van der Waals surface area contributed by atoms with E-state index in [2.05, 4.69) is 0 Å². The van der Waals surface area contributed by atoms with Crippen LogP contribution in [0.1, 0.15) is 35.4 Å². The van der Waals surface area contributed by atoms with Gasteiger partial charge in [-0.3, -0.25) is 14.9 Å². The normalized spacial score (nSPS) is 15.9. The molecule has 21 heavy (non-hydrogen) atoms. The van der Waals surface area contributed by atoms with Crippen LogP contribution in [0.3, 0.4) is 0 Å². The van der Waals surface area contributed by atoms with Crippen LogP contribution in [-0.4, -0.2) is 28.8 Å². The molecule has 1 aliphatic heterocycles. The molecule has 0 aliphatic carbocycles. The number of benzene rings is 1. The highest BCUT2D eigenvalue weighted by atomic mass is 32.1. The van der Waals surface area contributed by atoms with Gasteiger partial charge in [0, 0.05) is 35.3 Å². The van der Waals surface area contributed by atoms with E-state index in [0.29, 0.717) is 4.88 Å². The zero-order valence-electron chi connectivity index (χ0n) is 11.6. The Morgan fingerprint density at radius 3 is 2.52 bits per heavy atom. The van der Waals surface area contributed by atoms with Gasteiger partial charge in [0.15, 0.2) is 0 Å². The molecule has 0 bridgehead atoms. The fraction of sp³-hybridized carbons (Fsp3) is 0.400. The van der Waals surface area contributed by atoms with Crippen molar-refractivity contribution in [2.24, 2.45) is 0 Å². The fourth-order valence-electron chi connectivity index (χ4n) is 2.68. The highest BCUT2D eigenvalue weighted by molar-refractivity contribution is 7.20. The summed E-state index contributed by atoms with van der Waals surface area (Å²) in [5.41, 5.74) is 0.0640. The van der Waals surface area contributed by atoms with Crippen molar-refractivity contribution in [3.05, 3.63) is 39.3 Å². The van der Waals surface area contributed by atoms with Gasteiger partial charge in [0.25, 0.3) is 11.6 Å². The Kier molecular flexibility index (Phi) is 3.88. The number of nitro benzene ring substituents is 1. The Bertz CT molecular complexity index is 687. The van der Waals surface area contributed by atoms with Crippen LogP contribution in [0.2, 0.25) is 0 Å². The number of carbonyl (C=O) groups excluding carboxylic acids is 1. The predicted molar refractivity (Wildman–Crippen MR) is 82.9 cm³/mol. The van der Waals surface area contributed by atoms with Gasteiger partial charge in [0.1, 0.15) is 0 Å². The van der Waals surface area contributed by atoms with Gasteiger partial charge in [-0.1, -0.05) is 12.8 Å². The van der Waals surface area contributed by atoms with Crippen molar-refractivity contribution in [3.8, 4) is 0 Å². The Morgan fingerprint density at radius 1 is 1.14 bits per heavy atom. The second-order valence-electron chi connectivity index (χ2n) is 5.30. The number of hydrogen-bond donors (Lipinski definition) is 0. The molecule has 1 amide bonds. The van der Waals surface area contributed by atoms with E-state index in [9.17, 15) is 14.9 Å². The number of amides is 1. The summed E-state index contributed by atoms with van der Waals surface area (Å²) in [6.45, 7) is 1.63. The molecule has 0 atom stereocenters. The zero-order chi connectivity index (χ0) is 14.8. The van der Waals surface area contributed by atoms with Crippen LogP contribution in [-0.2, 0) is 0 Å². The Hall–Kier alpha value is -1.95. The van der Waals surface area contributed by atoms with Crippen LogP contribution in [0.4, 0.5) is 5.69 Å². The molecule has 0 radical (unpaired) electrons. The van der Waals surface area contributed by atoms with Crippen LogP contribution in [0.15, 0.2) is 24.3 Å². The summed E-state index contributed by atoms with van der Waals surface area (Å²) in [5.74, 6) is 0.0563. The molecule has 2 aromatic rings.